The molecule has 0 aromatic rings. The first-order valence-corrected chi connectivity index (χ1v) is 6.58. The van der Waals surface area contributed by atoms with Gasteiger partial charge in [0.1, 0.15) is 0 Å². The zero-order chi connectivity index (χ0) is 10.5. The Balaban J connectivity index is 3.82. The molecule has 0 unspecified atom stereocenters. The average Bonchev–Trinajstić information content (AvgIpc) is 2.01. The summed E-state index contributed by atoms with van der Waals surface area (Å²) in [7, 11) is 1.17. The molecule has 4 heteroatoms. The maximum absolute atomic E-state index is 5.60. The van der Waals surface area contributed by atoms with Crippen LogP contribution in [0.3, 0.4) is 0 Å². The second-order valence-electron chi connectivity index (χ2n) is 4.05. The third kappa shape index (κ3) is 5.39. The van der Waals surface area contributed by atoms with E-state index in [-0.39, 0.29) is 5.41 Å². The van der Waals surface area contributed by atoms with E-state index in [2.05, 4.69) is 27.7 Å². The van der Waals surface area contributed by atoms with E-state index in [9.17, 15) is 0 Å². The standard InChI is InChI=1S/C9H20O2SSi/c1-7(2)11-13-6-9(3,4)8(12)10-5/h7H,6,13H2,1-5H3. The number of hydrogen-bond donors (Lipinski definition) is 0. The summed E-state index contributed by atoms with van der Waals surface area (Å²) in [5.41, 5.74) is -0.00873. The van der Waals surface area contributed by atoms with Crippen molar-refractivity contribution in [3.05, 3.63) is 0 Å². The Morgan fingerprint density at radius 3 is 2.38 bits per heavy atom. The number of rotatable bonds is 5. The Labute approximate surface area is 88.9 Å². The van der Waals surface area contributed by atoms with Gasteiger partial charge >= 0.3 is 0 Å². The van der Waals surface area contributed by atoms with E-state index in [1.807, 2.05) is 0 Å². The maximum Gasteiger partial charge on any atom is 0.164 e. The van der Waals surface area contributed by atoms with Gasteiger partial charge in [0.15, 0.2) is 14.8 Å². The lowest BCUT2D eigenvalue weighted by Gasteiger charge is -2.24. The van der Waals surface area contributed by atoms with E-state index in [1.54, 1.807) is 7.11 Å². The molecule has 13 heavy (non-hydrogen) atoms. The van der Waals surface area contributed by atoms with E-state index < -0.39 is 9.76 Å². The molecule has 0 aliphatic heterocycles. The first-order chi connectivity index (χ1) is 5.90. The summed E-state index contributed by atoms with van der Waals surface area (Å²) in [6, 6.07) is 1.04. The zero-order valence-electron chi connectivity index (χ0n) is 9.22. The predicted molar refractivity (Wildman–Crippen MR) is 63.0 cm³/mol. The number of ether oxygens (including phenoxy) is 1. The van der Waals surface area contributed by atoms with Gasteiger partial charge in [-0.15, -0.1) is 0 Å². The van der Waals surface area contributed by atoms with Crippen LogP contribution in [0.1, 0.15) is 27.7 Å². The van der Waals surface area contributed by atoms with Gasteiger partial charge in [0.05, 0.1) is 7.11 Å². The van der Waals surface area contributed by atoms with Gasteiger partial charge in [-0.2, -0.15) is 0 Å². The quantitative estimate of drug-likeness (QED) is 0.521. The van der Waals surface area contributed by atoms with Crippen LogP contribution in [0.4, 0.5) is 0 Å². The number of thiocarbonyl (C=S) groups is 1. The van der Waals surface area contributed by atoms with Crippen LogP contribution in [0, 0.1) is 5.41 Å². The Hall–Kier alpha value is 0.0669. The van der Waals surface area contributed by atoms with Crippen molar-refractivity contribution >= 4 is 27.0 Å². The van der Waals surface area contributed by atoms with Crippen LogP contribution in [0.25, 0.3) is 0 Å². The fourth-order valence-corrected chi connectivity index (χ4v) is 2.54. The van der Waals surface area contributed by atoms with Gasteiger partial charge in [-0.1, -0.05) is 13.8 Å². The molecule has 0 amide bonds. The molecule has 0 aliphatic carbocycles. The van der Waals surface area contributed by atoms with Crippen molar-refractivity contribution in [2.75, 3.05) is 7.11 Å². The Morgan fingerprint density at radius 2 is 2.00 bits per heavy atom. The van der Waals surface area contributed by atoms with Crippen LogP contribution in [0.15, 0.2) is 0 Å². The van der Waals surface area contributed by atoms with Crippen LogP contribution in [0.5, 0.6) is 0 Å². The van der Waals surface area contributed by atoms with Gasteiger partial charge < -0.3 is 9.16 Å². The average molecular weight is 220 g/mol. The lowest BCUT2D eigenvalue weighted by molar-refractivity contribution is 0.249. The second-order valence-corrected chi connectivity index (χ2v) is 5.66. The van der Waals surface area contributed by atoms with Gasteiger partial charge in [0, 0.05) is 11.5 Å². The molecule has 78 valence electrons. The molecule has 0 rings (SSSR count). The fourth-order valence-electron chi connectivity index (χ4n) is 0.928. The highest BCUT2D eigenvalue weighted by atomic mass is 32.1. The molecule has 0 aromatic heterocycles. The number of hydrogen-bond acceptors (Lipinski definition) is 3. The van der Waals surface area contributed by atoms with E-state index in [0.29, 0.717) is 11.2 Å². The van der Waals surface area contributed by atoms with Crippen molar-refractivity contribution in [1.29, 1.82) is 0 Å². The minimum absolute atomic E-state index is 0.00873. The summed E-state index contributed by atoms with van der Waals surface area (Å²) in [6.45, 7) is 8.34. The van der Waals surface area contributed by atoms with Crippen LogP contribution in [0.2, 0.25) is 6.04 Å². The molecule has 0 heterocycles. The van der Waals surface area contributed by atoms with Crippen LogP contribution >= 0.6 is 12.2 Å². The molecule has 0 spiro atoms. The van der Waals surface area contributed by atoms with Crippen molar-refractivity contribution in [2.24, 2.45) is 5.41 Å². The van der Waals surface area contributed by atoms with Crippen LogP contribution < -0.4 is 0 Å². The van der Waals surface area contributed by atoms with Gasteiger partial charge in [0.25, 0.3) is 0 Å². The van der Waals surface area contributed by atoms with E-state index in [0.717, 1.165) is 6.04 Å². The SMILES string of the molecule is COC(=S)C(C)(C)C[SiH2]OC(C)C. The lowest BCUT2D eigenvalue weighted by atomic mass is 9.98. The van der Waals surface area contributed by atoms with E-state index in [1.165, 1.54) is 0 Å². The highest BCUT2D eigenvalue weighted by molar-refractivity contribution is 7.80. The highest BCUT2D eigenvalue weighted by Crippen LogP contribution is 2.23. The highest BCUT2D eigenvalue weighted by Gasteiger charge is 2.24. The molecular formula is C9H20O2SSi. The smallest absolute Gasteiger partial charge is 0.164 e. The maximum atomic E-state index is 5.60. The second kappa shape index (κ2) is 5.73. The third-order valence-corrected chi connectivity index (χ3v) is 4.99. The number of methoxy groups -OCH3 is 1. The molecule has 0 N–H and O–H groups in total. The van der Waals surface area contributed by atoms with E-state index in [4.69, 9.17) is 21.4 Å². The van der Waals surface area contributed by atoms with Crippen molar-refractivity contribution < 1.29 is 9.16 Å². The molecule has 0 saturated carbocycles. The van der Waals surface area contributed by atoms with Crippen molar-refractivity contribution in [1.82, 2.24) is 0 Å². The largest absolute Gasteiger partial charge is 0.490 e. The fraction of sp³-hybridized carbons (Fsp3) is 0.889. The zero-order valence-corrected chi connectivity index (χ0v) is 11.4. The molecule has 0 fully saturated rings. The summed E-state index contributed by atoms with van der Waals surface area (Å²) in [6.07, 6.45) is 0.346. The summed E-state index contributed by atoms with van der Waals surface area (Å²) in [4.78, 5) is 0. The summed E-state index contributed by atoms with van der Waals surface area (Å²) >= 11 is 5.11. The van der Waals surface area contributed by atoms with Crippen molar-refractivity contribution in [3.63, 3.8) is 0 Å². The Morgan fingerprint density at radius 1 is 1.46 bits per heavy atom. The molecular weight excluding hydrogens is 200 g/mol. The van der Waals surface area contributed by atoms with Gasteiger partial charge in [-0.25, -0.2) is 0 Å². The normalized spacial score (nSPS) is 12.8. The van der Waals surface area contributed by atoms with Gasteiger partial charge in [-0.3, -0.25) is 0 Å². The molecule has 2 nitrogen and oxygen atoms in total. The van der Waals surface area contributed by atoms with Crippen molar-refractivity contribution in [3.8, 4) is 0 Å². The first-order valence-electron chi connectivity index (χ1n) is 4.60. The molecule has 0 radical (unpaired) electrons. The van der Waals surface area contributed by atoms with Gasteiger partial charge in [-0.05, 0) is 32.1 Å². The predicted octanol–water partition coefficient (Wildman–Crippen LogP) is 1.91. The minimum atomic E-state index is -0.460. The molecule has 0 bridgehead atoms. The summed E-state index contributed by atoms with van der Waals surface area (Å²) < 4.78 is 10.7. The Kier molecular flexibility index (Phi) is 5.75. The summed E-state index contributed by atoms with van der Waals surface area (Å²) in [5, 5.41) is 0.687. The molecule has 0 atom stereocenters. The first kappa shape index (κ1) is 13.1. The van der Waals surface area contributed by atoms with Crippen molar-refractivity contribution in [2.45, 2.75) is 39.8 Å². The van der Waals surface area contributed by atoms with Crippen LogP contribution in [-0.4, -0.2) is 28.0 Å². The third-order valence-electron chi connectivity index (χ3n) is 1.92. The lowest BCUT2D eigenvalue weighted by Crippen LogP contribution is -2.26. The van der Waals surface area contributed by atoms with Gasteiger partial charge in [0.2, 0.25) is 0 Å². The Bertz CT molecular complexity index is 169. The molecule has 0 aromatic carbocycles. The molecule has 0 saturated heterocycles. The summed E-state index contributed by atoms with van der Waals surface area (Å²) in [5.74, 6) is 0. The topological polar surface area (TPSA) is 18.5 Å². The van der Waals surface area contributed by atoms with Crippen LogP contribution in [-0.2, 0) is 9.16 Å². The monoisotopic (exact) mass is 220 g/mol. The molecule has 0 aliphatic rings. The van der Waals surface area contributed by atoms with E-state index >= 15 is 0 Å². The minimum Gasteiger partial charge on any atom is -0.490 e.